The molecule has 2 rings (SSSR count). The zero-order chi connectivity index (χ0) is 14.5. The lowest BCUT2D eigenvalue weighted by Gasteiger charge is -2.24. The highest BCUT2D eigenvalue weighted by Crippen LogP contribution is 2.31. The predicted molar refractivity (Wildman–Crippen MR) is 82.7 cm³/mol. The quantitative estimate of drug-likeness (QED) is 0.491. The molecule has 20 heavy (non-hydrogen) atoms. The summed E-state index contributed by atoms with van der Waals surface area (Å²) in [4.78, 5) is 13.7. The molecule has 0 atom stereocenters. The molecule has 0 unspecified atom stereocenters. The maximum Gasteiger partial charge on any atom is 0.340 e. The average molecular weight is 267 g/mol. The first kappa shape index (κ1) is 13.8. The first-order valence-electron chi connectivity index (χ1n) is 6.30. The zero-order valence-corrected chi connectivity index (χ0v) is 11.3. The van der Waals surface area contributed by atoms with Gasteiger partial charge in [0, 0.05) is 0 Å². The van der Waals surface area contributed by atoms with Crippen molar-refractivity contribution in [1.29, 1.82) is 0 Å². The van der Waals surface area contributed by atoms with Gasteiger partial charge in [0.1, 0.15) is 0 Å². The topological polar surface area (TPSA) is 58.4 Å². The second-order valence-corrected chi connectivity index (χ2v) is 4.22. The molecule has 0 radical (unpaired) electrons. The van der Waals surface area contributed by atoms with Crippen LogP contribution in [0.5, 0.6) is 0 Å². The van der Waals surface area contributed by atoms with Crippen molar-refractivity contribution in [1.82, 2.24) is 5.43 Å². The number of hydrogen-bond acceptors (Lipinski definition) is 2. The summed E-state index contributed by atoms with van der Waals surface area (Å²) in [5.74, 6) is 5.32. The summed E-state index contributed by atoms with van der Waals surface area (Å²) in [5.41, 5.74) is 5.49. The minimum atomic E-state index is -0.395. The lowest BCUT2D eigenvalue weighted by Crippen LogP contribution is -2.43. The molecule has 1 aromatic rings. The molecule has 0 bridgehead atoms. The molecule has 1 aliphatic heterocycles. The zero-order valence-electron chi connectivity index (χ0n) is 11.3. The molecule has 3 N–H and O–H groups in total. The number of carbonyl (C=O) groups is 1. The first-order chi connectivity index (χ1) is 9.72. The first-order valence-corrected chi connectivity index (χ1v) is 6.30. The summed E-state index contributed by atoms with van der Waals surface area (Å²) in [7, 11) is 0. The molecule has 4 nitrogen and oxygen atoms in total. The summed E-state index contributed by atoms with van der Waals surface area (Å²) < 4.78 is 0. The second kappa shape index (κ2) is 6.04. The van der Waals surface area contributed by atoms with Crippen LogP contribution in [-0.2, 0) is 0 Å². The molecule has 0 fully saturated rings. The molecular formula is C16H17N3O. The van der Waals surface area contributed by atoms with Crippen LogP contribution in [0.4, 0.5) is 10.5 Å². The number of fused-ring (bicyclic) bond motifs is 1. The molecule has 2 amide bonds. The van der Waals surface area contributed by atoms with E-state index < -0.39 is 6.03 Å². The monoisotopic (exact) mass is 267 g/mol. The van der Waals surface area contributed by atoms with Crippen LogP contribution >= 0.6 is 0 Å². The molecule has 102 valence electrons. The van der Waals surface area contributed by atoms with Crippen molar-refractivity contribution in [2.75, 3.05) is 4.90 Å². The summed E-state index contributed by atoms with van der Waals surface area (Å²) in [6, 6.07) is 7.24. The van der Waals surface area contributed by atoms with Gasteiger partial charge in [0.2, 0.25) is 0 Å². The van der Waals surface area contributed by atoms with Crippen LogP contribution in [0, 0.1) is 0 Å². The van der Waals surface area contributed by atoms with E-state index in [4.69, 9.17) is 5.84 Å². The standard InChI is InChI=1S/C16H17N3O/c1-3-7-14-12(4-2)10-11-13-8-5-6-9-15(13)19(14)16(20)18-17/h3-11H,2,17H2,1H3,(H,18,20)/b7-3-. The minimum absolute atomic E-state index is 0.395. The van der Waals surface area contributed by atoms with Gasteiger partial charge in [-0.2, -0.15) is 0 Å². The number of nitrogens with one attached hydrogen (secondary N) is 1. The number of amides is 2. The Morgan fingerprint density at radius 1 is 1.35 bits per heavy atom. The Hall–Kier alpha value is -2.59. The second-order valence-electron chi connectivity index (χ2n) is 4.22. The third kappa shape index (κ3) is 2.41. The van der Waals surface area contributed by atoms with Crippen molar-refractivity contribution in [2.24, 2.45) is 5.84 Å². The van der Waals surface area contributed by atoms with Gasteiger partial charge in [0.25, 0.3) is 0 Å². The van der Waals surface area contributed by atoms with Crippen molar-refractivity contribution in [3.63, 3.8) is 0 Å². The fraction of sp³-hybridized carbons (Fsp3) is 0.0625. The largest absolute Gasteiger partial charge is 0.340 e. The molecule has 4 heteroatoms. The summed E-state index contributed by atoms with van der Waals surface area (Å²) in [6.45, 7) is 5.70. The van der Waals surface area contributed by atoms with E-state index in [9.17, 15) is 4.79 Å². The van der Waals surface area contributed by atoms with E-state index in [0.29, 0.717) is 0 Å². The molecule has 0 spiro atoms. The van der Waals surface area contributed by atoms with E-state index in [2.05, 4.69) is 12.0 Å². The molecular weight excluding hydrogens is 250 g/mol. The van der Waals surface area contributed by atoms with Crippen LogP contribution in [0.2, 0.25) is 0 Å². The molecule has 1 aliphatic rings. The molecule has 0 aromatic heterocycles. The van der Waals surface area contributed by atoms with Crippen LogP contribution in [0.3, 0.4) is 0 Å². The molecule has 0 aliphatic carbocycles. The van der Waals surface area contributed by atoms with Crippen molar-refractivity contribution in [3.8, 4) is 0 Å². The normalized spacial score (nSPS) is 14.2. The van der Waals surface area contributed by atoms with Gasteiger partial charge in [-0.05, 0) is 30.2 Å². The van der Waals surface area contributed by atoms with Crippen LogP contribution in [0.15, 0.2) is 66.4 Å². The number of nitrogens with zero attached hydrogens (tertiary/aromatic N) is 1. The number of urea groups is 1. The Labute approximate surface area is 118 Å². The fourth-order valence-corrected chi connectivity index (χ4v) is 2.14. The smallest absolute Gasteiger partial charge is 0.275 e. The Morgan fingerprint density at radius 2 is 2.10 bits per heavy atom. The van der Waals surface area contributed by atoms with Gasteiger partial charge >= 0.3 is 6.03 Å². The summed E-state index contributed by atoms with van der Waals surface area (Å²) in [5, 5.41) is 0. The predicted octanol–water partition coefficient (Wildman–Crippen LogP) is 3.12. The van der Waals surface area contributed by atoms with Crippen molar-refractivity contribution in [2.45, 2.75) is 6.92 Å². The summed E-state index contributed by atoms with van der Waals surface area (Å²) >= 11 is 0. The van der Waals surface area contributed by atoms with E-state index in [1.165, 1.54) is 0 Å². The number of allylic oxidation sites excluding steroid dienone is 5. The number of hydrazine groups is 1. The number of nitrogens with two attached hydrogens (primary N) is 1. The van der Waals surface area contributed by atoms with Crippen molar-refractivity contribution in [3.05, 3.63) is 72.0 Å². The maximum absolute atomic E-state index is 12.2. The van der Waals surface area contributed by atoms with Crippen LogP contribution in [-0.4, -0.2) is 6.03 Å². The molecule has 1 aromatic carbocycles. The lowest BCUT2D eigenvalue weighted by atomic mass is 10.1. The van der Waals surface area contributed by atoms with E-state index in [1.54, 1.807) is 11.0 Å². The number of carbonyl (C=O) groups excluding carboxylic acids is 1. The Kier molecular flexibility index (Phi) is 4.17. The number of para-hydroxylation sites is 1. The lowest BCUT2D eigenvalue weighted by molar-refractivity contribution is 0.248. The van der Waals surface area contributed by atoms with Gasteiger partial charge in [-0.3, -0.25) is 10.3 Å². The van der Waals surface area contributed by atoms with Crippen LogP contribution in [0.1, 0.15) is 12.5 Å². The third-order valence-electron chi connectivity index (χ3n) is 3.03. The average Bonchev–Trinajstić information content (AvgIpc) is 2.63. The molecule has 0 saturated heterocycles. The van der Waals surface area contributed by atoms with Gasteiger partial charge < -0.3 is 0 Å². The van der Waals surface area contributed by atoms with E-state index in [0.717, 1.165) is 22.5 Å². The minimum Gasteiger partial charge on any atom is -0.275 e. The SMILES string of the molecule is C=CC1=C(/C=C\C)N(C(=O)NN)c2ccccc2C=C1. The Morgan fingerprint density at radius 3 is 2.75 bits per heavy atom. The van der Waals surface area contributed by atoms with E-state index in [1.807, 2.05) is 55.5 Å². The molecule has 0 saturated carbocycles. The van der Waals surface area contributed by atoms with Crippen molar-refractivity contribution >= 4 is 17.8 Å². The van der Waals surface area contributed by atoms with Crippen LogP contribution in [0.25, 0.3) is 6.08 Å². The highest BCUT2D eigenvalue weighted by Gasteiger charge is 2.23. The highest BCUT2D eigenvalue weighted by molar-refractivity contribution is 5.99. The van der Waals surface area contributed by atoms with Crippen LogP contribution < -0.4 is 16.2 Å². The third-order valence-corrected chi connectivity index (χ3v) is 3.03. The van der Waals surface area contributed by atoms with Gasteiger partial charge in [0.15, 0.2) is 0 Å². The van der Waals surface area contributed by atoms with E-state index >= 15 is 0 Å². The van der Waals surface area contributed by atoms with Gasteiger partial charge in [0.05, 0.1) is 11.4 Å². The highest BCUT2D eigenvalue weighted by atomic mass is 16.2. The molecule has 1 heterocycles. The summed E-state index contributed by atoms with van der Waals surface area (Å²) in [6.07, 6.45) is 9.34. The number of anilines is 1. The van der Waals surface area contributed by atoms with Crippen molar-refractivity contribution < 1.29 is 4.79 Å². The Balaban J connectivity index is 2.72. The number of benzene rings is 1. The van der Waals surface area contributed by atoms with Gasteiger partial charge in [-0.1, -0.05) is 49.1 Å². The maximum atomic E-state index is 12.2. The fourth-order valence-electron chi connectivity index (χ4n) is 2.14. The van der Waals surface area contributed by atoms with E-state index in [-0.39, 0.29) is 0 Å². The van der Waals surface area contributed by atoms with Gasteiger partial charge in [-0.15, -0.1) is 0 Å². The van der Waals surface area contributed by atoms with Gasteiger partial charge in [-0.25, -0.2) is 10.6 Å². The number of rotatable bonds is 2. The number of hydrogen-bond donors (Lipinski definition) is 2. The Bertz CT molecular complexity index is 626.